The predicted molar refractivity (Wildman–Crippen MR) is 67.9 cm³/mol. The Morgan fingerprint density at radius 3 is 2.53 bits per heavy atom. The summed E-state index contributed by atoms with van der Waals surface area (Å²) in [5.74, 6) is 0. The topological polar surface area (TPSA) is 29.5 Å². The molecule has 1 saturated carbocycles. The highest BCUT2D eigenvalue weighted by atomic mass is 16.5. The number of hydrogen-bond donors (Lipinski definition) is 1. The zero-order valence-electron chi connectivity index (χ0n) is 9.89. The lowest BCUT2D eigenvalue weighted by atomic mass is 9.72. The summed E-state index contributed by atoms with van der Waals surface area (Å²) in [6.45, 7) is 0. The summed E-state index contributed by atoms with van der Waals surface area (Å²) in [6.07, 6.45) is 1.59. The number of methoxy groups -OCH3 is 1. The Kier molecular flexibility index (Phi) is 2.42. The normalized spacial score (nSPS) is 28.0. The molecule has 2 aromatic carbocycles. The van der Waals surface area contributed by atoms with E-state index in [2.05, 4.69) is 24.3 Å². The van der Waals surface area contributed by atoms with Gasteiger partial charge >= 0.3 is 0 Å². The monoisotopic (exact) mass is 228 g/mol. The Balaban J connectivity index is 1.96. The Bertz CT molecular complexity index is 541. The lowest BCUT2D eigenvalue weighted by Gasteiger charge is -2.43. The van der Waals surface area contributed by atoms with E-state index >= 15 is 0 Å². The molecule has 2 nitrogen and oxygen atoms in total. The molecule has 0 atom stereocenters. The molecule has 0 spiro atoms. The van der Waals surface area contributed by atoms with Gasteiger partial charge in [0.2, 0.25) is 0 Å². The number of rotatable bonds is 2. The van der Waals surface area contributed by atoms with Crippen LogP contribution in [-0.2, 0) is 10.3 Å². The van der Waals surface area contributed by atoms with Crippen LogP contribution in [0.5, 0.6) is 0 Å². The highest BCUT2D eigenvalue weighted by Gasteiger charge is 2.44. The van der Waals surface area contributed by atoms with Crippen molar-refractivity contribution in [1.29, 1.82) is 0 Å². The molecule has 2 heteroatoms. The van der Waals surface area contributed by atoms with Gasteiger partial charge in [0.05, 0.1) is 11.7 Å². The second kappa shape index (κ2) is 3.83. The molecule has 0 aromatic heterocycles. The Hall–Kier alpha value is -1.38. The SMILES string of the molecule is COC1CC(O)(c2ccc3ccccc3c2)C1. The number of aliphatic hydroxyl groups is 1. The van der Waals surface area contributed by atoms with E-state index < -0.39 is 5.60 Å². The molecule has 1 fully saturated rings. The number of benzene rings is 2. The maximum absolute atomic E-state index is 10.5. The highest BCUT2D eigenvalue weighted by Crippen LogP contribution is 2.43. The first kappa shape index (κ1) is 10.8. The minimum Gasteiger partial charge on any atom is -0.385 e. The molecule has 0 amide bonds. The van der Waals surface area contributed by atoms with Crippen LogP contribution in [0, 0.1) is 0 Å². The van der Waals surface area contributed by atoms with Crippen LogP contribution in [0.3, 0.4) is 0 Å². The number of fused-ring (bicyclic) bond motifs is 1. The van der Waals surface area contributed by atoms with Crippen molar-refractivity contribution in [1.82, 2.24) is 0 Å². The largest absolute Gasteiger partial charge is 0.385 e. The zero-order valence-corrected chi connectivity index (χ0v) is 9.89. The van der Waals surface area contributed by atoms with Crippen molar-refractivity contribution in [3.63, 3.8) is 0 Å². The fourth-order valence-electron chi connectivity index (χ4n) is 2.57. The Labute approximate surface area is 101 Å². The van der Waals surface area contributed by atoms with Gasteiger partial charge in [0.1, 0.15) is 0 Å². The third-order valence-corrected chi connectivity index (χ3v) is 3.75. The van der Waals surface area contributed by atoms with Gasteiger partial charge in [-0.3, -0.25) is 0 Å². The molecule has 0 aliphatic heterocycles. The fourth-order valence-corrected chi connectivity index (χ4v) is 2.57. The second-order valence-corrected chi connectivity index (χ2v) is 4.86. The average Bonchev–Trinajstić information content (AvgIpc) is 2.34. The van der Waals surface area contributed by atoms with Crippen molar-refractivity contribution in [3.8, 4) is 0 Å². The van der Waals surface area contributed by atoms with E-state index in [1.807, 2.05) is 18.2 Å². The molecule has 0 unspecified atom stereocenters. The first-order valence-corrected chi connectivity index (χ1v) is 5.96. The summed E-state index contributed by atoms with van der Waals surface area (Å²) in [5.41, 5.74) is 0.314. The van der Waals surface area contributed by atoms with Gasteiger partial charge in [0, 0.05) is 20.0 Å². The van der Waals surface area contributed by atoms with E-state index in [0.29, 0.717) is 12.8 Å². The Morgan fingerprint density at radius 2 is 1.82 bits per heavy atom. The van der Waals surface area contributed by atoms with Gasteiger partial charge in [0.25, 0.3) is 0 Å². The van der Waals surface area contributed by atoms with Gasteiger partial charge in [0.15, 0.2) is 0 Å². The predicted octanol–water partition coefficient (Wildman–Crippen LogP) is 2.84. The molecule has 17 heavy (non-hydrogen) atoms. The lowest BCUT2D eigenvalue weighted by Crippen LogP contribution is -2.45. The van der Waals surface area contributed by atoms with Crippen LogP contribution in [0.4, 0.5) is 0 Å². The maximum Gasteiger partial charge on any atom is 0.0946 e. The Morgan fingerprint density at radius 1 is 1.12 bits per heavy atom. The molecule has 3 rings (SSSR count). The van der Waals surface area contributed by atoms with Gasteiger partial charge < -0.3 is 9.84 Å². The average molecular weight is 228 g/mol. The molecule has 0 bridgehead atoms. The van der Waals surface area contributed by atoms with E-state index in [-0.39, 0.29) is 6.10 Å². The van der Waals surface area contributed by atoms with E-state index in [1.54, 1.807) is 7.11 Å². The highest BCUT2D eigenvalue weighted by molar-refractivity contribution is 5.83. The van der Waals surface area contributed by atoms with Crippen molar-refractivity contribution in [3.05, 3.63) is 48.0 Å². The molecule has 0 saturated heterocycles. The van der Waals surface area contributed by atoms with E-state index in [9.17, 15) is 5.11 Å². The molecule has 0 radical (unpaired) electrons. The minimum absolute atomic E-state index is 0.200. The summed E-state index contributed by atoms with van der Waals surface area (Å²) in [7, 11) is 1.70. The van der Waals surface area contributed by atoms with Crippen LogP contribution >= 0.6 is 0 Å². The number of hydrogen-bond acceptors (Lipinski definition) is 2. The van der Waals surface area contributed by atoms with Crippen molar-refractivity contribution in [2.75, 3.05) is 7.11 Å². The zero-order chi connectivity index (χ0) is 11.9. The molecule has 0 heterocycles. The fraction of sp³-hybridized carbons (Fsp3) is 0.333. The van der Waals surface area contributed by atoms with Gasteiger partial charge in [-0.1, -0.05) is 36.4 Å². The second-order valence-electron chi connectivity index (χ2n) is 4.86. The smallest absolute Gasteiger partial charge is 0.0946 e. The van der Waals surface area contributed by atoms with Crippen molar-refractivity contribution < 1.29 is 9.84 Å². The van der Waals surface area contributed by atoms with Crippen molar-refractivity contribution in [2.24, 2.45) is 0 Å². The standard InChI is InChI=1S/C15H16O2/c1-17-14-9-15(16,10-14)13-7-6-11-4-2-3-5-12(11)8-13/h2-8,14,16H,9-10H2,1H3. The first-order valence-electron chi connectivity index (χ1n) is 5.96. The van der Waals surface area contributed by atoms with Gasteiger partial charge in [-0.25, -0.2) is 0 Å². The van der Waals surface area contributed by atoms with E-state index in [0.717, 1.165) is 5.56 Å². The molecule has 88 valence electrons. The van der Waals surface area contributed by atoms with Crippen LogP contribution in [0.2, 0.25) is 0 Å². The third-order valence-electron chi connectivity index (χ3n) is 3.75. The number of ether oxygens (including phenoxy) is 1. The summed E-state index contributed by atoms with van der Waals surface area (Å²) in [5, 5.41) is 12.9. The van der Waals surface area contributed by atoms with Gasteiger partial charge in [-0.2, -0.15) is 0 Å². The van der Waals surface area contributed by atoms with Gasteiger partial charge in [-0.05, 0) is 22.4 Å². The molecule has 2 aromatic rings. The molecular formula is C15H16O2. The van der Waals surface area contributed by atoms with Crippen molar-refractivity contribution in [2.45, 2.75) is 24.5 Å². The summed E-state index contributed by atoms with van der Waals surface area (Å²) in [4.78, 5) is 0. The molecule has 1 N–H and O–H groups in total. The third kappa shape index (κ3) is 1.74. The van der Waals surface area contributed by atoms with E-state index in [4.69, 9.17) is 4.74 Å². The molecule has 1 aliphatic carbocycles. The van der Waals surface area contributed by atoms with Crippen LogP contribution in [0.15, 0.2) is 42.5 Å². The van der Waals surface area contributed by atoms with Crippen LogP contribution in [0.1, 0.15) is 18.4 Å². The summed E-state index contributed by atoms with van der Waals surface area (Å²) < 4.78 is 5.23. The molecule has 1 aliphatic rings. The van der Waals surface area contributed by atoms with Crippen LogP contribution in [-0.4, -0.2) is 18.3 Å². The van der Waals surface area contributed by atoms with Gasteiger partial charge in [-0.15, -0.1) is 0 Å². The maximum atomic E-state index is 10.5. The minimum atomic E-state index is -0.690. The van der Waals surface area contributed by atoms with Crippen LogP contribution < -0.4 is 0 Å². The summed E-state index contributed by atoms with van der Waals surface area (Å²) >= 11 is 0. The van der Waals surface area contributed by atoms with E-state index in [1.165, 1.54) is 10.8 Å². The summed E-state index contributed by atoms with van der Waals surface area (Å²) in [6, 6.07) is 14.4. The lowest BCUT2D eigenvalue weighted by molar-refractivity contribution is -0.133. The first-order chi connectivity index (χ1) is 8.21. The van der Waals surface area contributed by atoms with Crippen molar-refractivity contribution >= 4 is 10.8 Å². The van der Waals surface area contributed by atoms with Crippen LogP contribution in [0.25, 0.3) is 10.8 Å². The quantitative estimate of drug-likeness (QED) is 0.856. The molecular weight excluding hydrogens is 212 g/mol.